The highest BCUT2D eigenvalue weighted by molar-refractivity contribution is 5.87. The number of carbonyl (C=O) groups excluding carboxylic acids is 1. The van der Waals surface area contributed by atoms with Crippen LogP contribution in [0.3, 0.4) is 0 Å². The number of hydrogen-bond acceptors (Lipinski definition) is 4. The van der Waals surface area contributed by atoms with Crippen LogP contribution in [0.1, 0.15) is 0 Å². The van der Waals surface area contributed by atoms with Crippen LogP contribution in [0.4, 0.5) is 4.39 Å². The first-order valence-electron chi connectivity index (χ1n) is 2.70. The predicted molar refractivity (Wildman–Crippen MR) is 30.1 cm³/mol. The van der Waals surface area contributed by atoms with Gasteiger partial charge in [-0.25, -0.2) is 4.39 Å². The van der Waals surface area contributed by atoms with Crippen LogP contribution in [0.25, 0.3) is 0 Å². The minimum atomic E-state index is -1.82. The van der Waals surface area contributed by atoms with Gasteiger partial charge in [-0.05, 0) is 0 Å². The third kappa shape index (κ3) is 2.38. The van der Waals surface area contributed by atoms with Crippen LogP contribution in [0.15, 0.2) is 0 Å². The summed E-state index contributed by atoms with van der Waals surface area (Å²) in [6.45, 7) is -2.04. The highest BCUT2D eigenvalue weighted by Gasteiger charge is 2.22. The van der Waals surface area contributed by atoms with Gasteiger partial charge in [0.05, 0.1) is 6.61 Å². The molecule has 0 fully saturated rings. The molecule has 0 saturated carbocycles. The Kier molecular flexibility index (Phi) is 4.10. The molecule has 0 saturated heterocycles. The van der Waals surface area contributed by atoms with Crippen LogP contribution >= 0.6 is 0 Å². The predicted octanol–water partition coefficient (Wildman–Crippen LogP) is -1.76. The van der Waals surface area contributed by atoms with E-state index in [0.717, 1.165) is 0 Å². The maximum Gasteiger partial charge on any atom is 0.194 e. The second kappa shape index (κ2) is 4.32. The molecule has 2 atom stereocenters. The van der Waals surface area contributed by atoms with Gasteiger partial charge in [-0.15, -0.1) is 0 Å². The van der Waals surface area contributed by atoms with Crippen LogP contribution in [0.2, 0.25) is 0 Å². The van der Waals surface area contributed by atoms with Gasteiger partial charge in [0.15, 0.2) is 5.78 Å². The van der Waals surface area contributed by atoms with Gasteiger partial charge in [-0.3, -0.25) is 4.79 Å². The summed E-state index contributed by atoms with van der Waals surface area (Å²) in [5, 5.41) is 25.1. The average Bonchev–Trinajstić information content (AvgIpc) is 2.00. The van der Waals surface area contributed by atoms with Gasteiger partial charge in [0.2, 0.25) is 0 Å². The van der Waals surface area contributed by atoms with E-state index < -0.39 is 31.3 Å². The summed E-state index contributed by atoms with van der Waals surface area (Å²) >= 11 is 0. The van der Waals surface area contributed by atoms with Crippen LogP contribution in [-0.2, 0) is 4.79 Å². The highest BCUT2D eigenvalue weighted by atomic mass is 19.1. The summed E-state index contributed by atoms with van der Waals surface area (Å²) in [5.74, 6) is -1.09. The van der Waals surface area contributed by atoms with E-state index in [1.54, 1.807) is 0 Å². The van der Waals surface area contributed by atoms with E-state index in [4.69, 9.17) is 15.3 Å². The fourth-order valence-corrected chi connectivity index (χ4v) is 0.388. The van der Waals surface area contributed by atoms with E-state index in [2.05, 4.69) is 0 Å². The number of hydrogen-bond donors (Lipinski definition) is 3. The van der Waals surface area contributed by atoms with Crippen molar-refractivity contribution in [3.05, 3.63) is 0 Å². The van der Waals surface area contributed by atoms with E-state index in [1.165, 1.54) is 0 Å². The molecule has 3 N–H and O–H groups in total. The molecule has 0 aliphatic rings. The van der Waals surface area contributed by atoms with Crippen molar-refractivity contribution in [2.75, 3.05) is 13.3 Å². The molecular formula is C5H9FO4. The standard InChI is InChI=1S/C5H9FO4/c6-1-3(8)5(10)4(9)2-7/h3-4,7-9H,1-2H2/t3-,4+/m1/s1. The minimum absolute atomic E-state index is 0.796. The van der Waals surface area contributed by atoms with Crippen molar-refractivity contribution in [1.29, 1.82) is 0 Å². The van der Waals surface area contributed by atoms with Gasteiger partial charge in [0.25, 0.3) is 0 Å². The van der Waals surface area contributed by atoms with Crippen LogP contribution in [0.5, 0.6) is 0 Å². The molecule has 0 unspecified atom stereocenters. The summed E-state index contributed by atoms with van der Waals surface area (Å²) in [7, 11) is 0. The molecule has 0 amide bonds. The third-order valence-electron chi connectivity index (χ3n) is 0.976. The number of aliphatic hydroxyl groups is 3. The largest absolute Gasteiger partial charge is 0.393 e. The maximum absolute atomic E-state index is 11.5. The van der Waals surface area contributed by atoms with Gasteiger partial charge in [0.1, 0.15) is 18.9 Å². The first-order chi connectivity index (χ1) is 4.63. The number of alkyl halides is 1. The molecule has 0 aromatic rings. The molecule has 4 nitrogen and oxygen atoms in total. The Balaban J connectivity index is 3.82. The Morgan fingerprint density at radius 2 is 1.90 bits per heavy atom. The lowest BCUT2D eigenvalue weighted by atomic mass is 10.1. The number of rotatable bonds is 4. The van der Waals surface area contributed by atoms with E-state index in [-0.39, 0.29) is 0 Å². The van der Waals surface area contributed by atoms with E-state index >= 15 is 0 Å². The van der Waals surface area contributed by atoms with Crippen molar-refractivity contribution in [2.24, 2.45) is 0 Å². The first kappa shape index (κ1) is 9.48. The Bertz CT molecular complexity index is 104. The molecule has 0 radical (unpaired) electrons. The second-order valence-electron chi connectivity index (χ2n) is 1.77. The number of aliphatic hydroxyl groups excluding tert-OH is 3. The van der Waals surface area contributed by atoms with Gasteiger partial charge in [0, 0.05) is 0 Å². The van der Waals surface area contributed by atoms with Crippen LogP contribution in [0, 0.1) is 0 Å². The summed E-state index contributed by atoms with van der Waals surface area (Å²) in [6, 6.07) is 0. The average molecular weight is 152 g/mol. The molecule has 0 rings (SSSR count). The van der Waals surface area contributed by atoms with Gasteiger partial charge < -0.3 is 15.3 Å². The Hall–Kier alpha value is -0.520. The summed E-state index contributed by atoms with van der Waals surface area (Å²) in [4.78, 5) is 10.4. The zero-order valence-electron chi connectivity index (χ0n) is 5.20. The van der Waals surface area contributed by atoms with Crippen molar-refractivity contribution in [3.8, 4) is 0 Å². The molecular weight excluding hydrogens is 143 g/mol. The fourth-order valence-electron chi connectivity index (χ4n) is 0.388. The summed E-state index contributed by atoms with van der Waals surface area (Å²) in [5.41, 5.74) is 0. The quantitative estimate of drug-likeness (QED) is 0.446. The number of ketones is 1. The minimum Gasteiger partial charge on any atom is -0.393 e. The zero-order valence-corrected chi connectivity index (χ0v) is 5.20. The Labute approximate surface area is 56.9 Å². The lowest BCUT2D eigenvalue weighted by Crippen LogP contribution is -2.35. The number of Topliss-reactive ketones (excluding diaryl/α,β-unsaturated/α-hetero) is 1. The Morgan fingerprint density at radius 1 is 1.40 bits per heavy atom. The topological polar surface area (TPSA) is 77.8 Å². The molecule has 0 heterocycles. The maximum atomic E-state index is 11.5. The lowest BCUT2D eigenvalue weighted by molar-refractivity contribution is -0.138. The molecule has 0 aliphatic carbocycles. The van der Waals surface area contributed by atoms with Crippen molar-refractivity contribution in [1.82, 2.24) is 0 Å². The van der Waals surface area contributed by atoms with Gasteiger partial charge in [-0.1, -0.05) is 0 Å². The molecule has 0 spiro atoms. The molecule has 10 heavy (non-hydrogen) atoms. The smallest absolute Gasteiger partial charge is 0.194 e. The van der Waals surface area contributed by atoms with Crippen molar-refractivity contribution in [2.45, 2.75) is 12.2 Å². The molecule has 5 heteroatoms. The first-order valence-corrected chi connectivity index (χ1v) is 2.70. The normalized spacial score (nSPS) is 16.4. The zero-order chi connectivity index (χ0) is 8.15. The van der Waals surface area contributed by atoms with E-state index in [9.17, 15) is 9.18 Å². The molecule has 0 aromatic heterocycles. The lowest BCUT2D eigenvalue weighted by Gasteiger charge is -2.08. The molecule has 0 aliphatic heterocycles. The molecule has 60 valence electrons. The summed E-state index contributed by atoms with van der Waals surface area (Å²) < 4.78 is 11.5. The SMILES string of the molecule is O=C([C@H](O)CF)[C@@H](O)CO. The highest BCUT2D eigenvalue weighted by Crippen LogP contribution is 1.92. The van der Waals surface area contributed by atoms with Crippen LogP contribution in [-0.4, -0.2) is 46.6 Å². The fraction of sp³-hybridized carbons (Fsp3) is 0.800. The number of halogens is 1. The van der Waals surface area contributed by atoms with E-state index in [1.807, 2.05) is 0 Å². The summed E-state index contributed by atoms with van der Waals surface area (Å²) in [6.07, 6.45) is -3.49. The van der Waals surface area contributed by atoms with Crippen LogP contribution < -0.4 is 0 Å². The second-order valence-corrected chi connectivity index (χ2v) is 1.77. The molecule has 0 bridgehead atoms. The van der Waals surface area contributed by atoms with Gasteiger partial charge >= 0.3 is 0 Å². The number of carbonyl (C=O) groups is 1. The van der Waals surface area contributed by atoms with Crippen molar-refractivity contribution in [3.63, 3.8) is 0 Å². The molecule has 0 aromatic carbocycles. The van der Waals surface area contributed by atoms with E-state index in [0.29, 0.717) is 0 Å². The van der Waals surface area contributed by atoms with Crippen molar-refractivity contribution < 1.29 is 24.5 Å². The third-order valence-corrected chi connectivity index (χ3v) is 0.976. The van der Waals surface area contributed by atoms with Gasteiger partial charge in [-0.2, -0.15) is 0 Å². The monoisotopic (exact) mass is 152 g/mol. The Morgan fingerprint density at radius 3 is 2.20 bits per heavy atom. The van der Waals surface area contributed by atoms with Crippen molar-refractivity contribution >= 4 is 5.78 Å².